The normalized spacial score (nSPS) is 18.1. The van der Waals surface area contributed by atoms with E-state index < -0.39 is 0 Å². The minimum Gasteiger partial charge on any atom is -0.385 e. The average molecular weight is 441 g/mol. The number of benzene rings is 1. The molecule has 8 heteroatoms. The number of piperidine rings is 1. The van der Waals surface area contributed by atoms with Gasteiger partial charge in [0.05, 0.1) is 0 Å². The molecule has 1 saturated heterocycles. The fourth-order valence-electron chi connectivity index (χ4n) is 4.26. The van der Waals surface area contributed by atoms with Crippen LogP contribution >= 0.6 is 12.2 Å². The number of aromatic nitrogens is 2. The lowest BCUT2D eigenvalue weighted by Gasteiger charge is -2.32. The molecule has 2 aliphatic heterocycles. The van der Waals surface area contributed by atoms with Crippen molar-refractivity contribution in [3.63, 3.8) is 0 Å². The summed E-state index contributed by atoms with van der Waals surface area (Å²) in [5.41, 5.74) is 2.72. The van der Waals surface area contributed by atoms with E-state index in [0.717, 1.165) is 50.8 Å². The van der Waals surface area contributed by atoms with Crippen molar-refractivity contribution in [2.75, 3.05) is 48.5 Å². The number of nitrogens with one attached hydrogen (secondary N) is 2. The van der Waals surface area contributed by atoms with Crippen LogP contribution in [0, 0.1) is 5.92 Å². The second-order valence-electron chi connectivity index (χ2n) is 8.45. The lowest BCUT2D eigenvalue weighted by atomic mass is 10.0. The molecule has 1 fully saturated rings. The van der Waals surface area contributed by atoms with Crippen LogP contribution in [0.25, 0.3) is 0 Å². The van der Waals surface area contributed by atoms with Crippen LogP contribution in [0.5, 0.6) is 0 Å². The molecular formula is C23H32N6OS. The number of hydrogen-bond acceptors (Lipinski definition) is 6. The van der Waals surface area contributed by atoms with Crippen LogP contribution in [0.4, 0.5) is 17.6 Å². The predicted molar refractivity (Wildman–Crippen MR) is 130 cm³/mol. The molecule has 0 aliphatic carbocycles. The van der Waals surface area contributed by atoms with Crippen LogP contribution in [0.2, 0.25) is 0 Å². The van der Waals surface area contributed by atoms with Crippen LogP contribution in [-0.4, -0.2) is 48.4 Å². The maximum absolute atomic E-state index is 5.47. The van der Waals surface area contributed by atoms with E-state index in [-0.39, 0.29) is 0 Å². The topological polar surface area (TPSA) is 65.6 Å². The molecule has 0 amide bonds. The first-order valence-electron chi connectivity index (χ1n) is 11.1. The Morgan fingerprint density at radius 2 is 1.87 bits per heavy atom. The summed E-state index contributed by atoms with van der Waals surface area (Å²) < 4.78 is 5.09. The van der Waals surface area contributed by atoms with E-state index in [0.29, 0.717) is 23.6 Å². The zero-order chi connectivity index (χ0) is 21.6. The maximum Gasteiger partial charge on any atom is 0.232 e. The van der Waals surface area contributed by atoms with Gasteiger partial charge in [0.2, 0.25) is 5.95 Å². The van der Waals surface area contributed by atoms with E-state index in [4.69, 9.17) is 26.9 Å². The van der Waals surface area contributed by atoms with Gasteiger partial charge in [-0.05, 0) is 48.5 Å². The molecule has 1 atom stereocenters. The molecule has 31 heavy (non-hydrogen) atoms. The molecule has 2 aliphatic rings. The third kappa shape index (κ3) is 5.62. The molecule has 0 bridgehead atoms. The van der Waals surface area contributed by atoms with Crippen LogP contribution in [-0.2, 0) is 17.8 Å². The Morgan fingerprint density at radius 1 is 1.16 bits per heavy atom. The highest BCUT2D eigenvalue weighted by Gasteiger charge is 2.24. The predicted octanol–water partition coefficient (Wildman–Crippen LogP) is 3.56. The Bertz CT molecular complexity index is 882. The molecule has 166 valence electrons. The first-order chi connectivity index (χ1) is 15.1. The number of rotatable bonds is 7. The minimum atomic E-state index is 0.538. The molecule has 0 radical (unpaired) electrons. The quantitative estimate of drug-likeness (QED) is 0.501. The van der Waals surface area contributed by atoms with E-state index in [1.54, 1.807) is 7.11 Å². The zero-order valence-electron chi connectivity index (χ0n) is 18.4. The Labute approximate surface area is 190 Å². The van der Waals surface area contributed by atoms with E-state index in [1.165, 1.54) is 24.0 Å². The highest BCUT2D eigenvalue weighted by atomic mass is 32.1. The van der Waals surface area contributed by atoms with Crippen LogP contribution in [0.1, 0.15) is 37.3 Å². The molecule has 7 nitrogen and oxygen atoms in total. The first-order valence-corrected chi connectivity index (χ1v) is 11.5. The highest BCUT2D eigenvalue weighted by Crippen LogP contribution is 2.31. The number of ether oxygens (including phenoxy) is 1. The summed E-state index contributed by atoms with van der Waals surface area (Å²) in [5, 5.41) is 6.94. The monoisotopic (exact) mass is 440 g/mol. The van der Waals surface area contributed by atoms with Gasteiger partial charge in [0, 0.05) is 52.5 Å². The molecule has 0 unspecified atom stereocenters. The Balaban J connectivity index is 1.53. The van der Waals surface area contributed by atoms with Crippen molar-refractivity contribution in [1.82, 2.24) is 15.3 Å². The van der Waals surface area contributed by atoms with E-state index in [1.807, 2.05) is 0 Å². The van der Waals surface area contributed by atoms with Crippen molar-refractivity contribution in [1.29, 1.82) is 0 Å². The molecular weight excluding hydrogens is 408 g/mol. The second-order valence-corrected chi connectivity index (χ2v) is 8.86. The van der Waals surface area contributed by atoms with Gasteiger partial charge < -0.3 is 25.2 Å². The van der Waals surface area contributed by atoms with Gasteiger partial charge in [0.15, 0.2) is 5.11 Å². The SMILES string of the molecule is COCCCNC(=S)Nc1nc(N2Cc3ccccc3C2)cc(N2CCC[C@H](C)C2)n1. The van der Waals surface area contributed by atoms with E-state index >= 15 is 0 Å². The second kappa shape index (κ2) is 10.2. The third-order valence-corrected chi connectivity index (χ3v) is 6.13. The van der Waals surface area contributed by atoms with Crippen molar-refractivity contribution >= 4 is 34.9 Å². The Hall–Kier alpha value is -2.45. The lowest BCUT2D eigenvalue weighted by Crippen LogP contribution is -2.36. The molecule has 0 spiro atoms. The van der Waals surface area contributed by atoms with Crippen LogP contribution in [0.15, 0.2) is 30.3 Å². The molecule has 2 N–H and O–H groups in total. The lowest BCUT2D eigenvalue weighted by molar-refractivity contribution is 0.196. The van der Waals surface area contributed by atoms with Gasteiger partial charge in [-0.25, -0.2) is 0 Å². The Kier molecular flexibility index (Phi) is 7.19. The summed E-state index contributed by atoms with van der Waals surface area (Å²) in [4.78, 5) is 14.3. The summed E-state index contributed by atoms with van der Waals surface area (Å²) in [6.07, 6.45) is 3.36. The van der Waals surface area contributed by atoms with Crippen LogP contribution in [0.3, 0.4) is 0 Å². The number of hydrogen-bond donors (Lipinski definition) is 2. The van der Waals surface area contributed by atoms with Crippen molar-refractivity contribution < 1.29 is 4.74 Å². The van der Waals surface area contributed by atoms with Gasteiger partial charge in [-0.3, -0.25) is 0 Å². The van der Waals surface area contributed by atoms with Gasteiger partial charge in [-0.2, -0.15) is 9.97 Å². The number of thiocarbonyl (C=S) groups is 1. The smallest absolute Gasteiger partial charge is 0.232 e. The van der Waals surface area contributed by atoms with Gasteiger partial charge in [-0.1, -0.05) is 31.2 Å². The number of anilines is 3. The van der Waals surface area contributed by atoms with Crippen molar-refractivity contribution in [3.05, 3.63) is 41.5 Å². The Morgan fingerprint density at radius 3 is 2.55 bits per heavy atom. The number of methoxy groups -OCH3 is 1. The highest BCUT2D eigenvalue weighted by molar-refractivity contribution is 7.80. The summed E-state index contributed by atoms with van der Waals surface area (Å²) in [6, 6.07) is 10.7. The minimum absolute atomic E-state index is 0.538. The third-order valence-electron chi connectivity index (χ3n) is 5.88. The van der Waals surface area contributed by atoms with Crippen molar-refractivity contribution in [2.45, 2.75) is 39.3 Å². The van der Waals surface area contributed by atoms with Gasteiger partial charge in [-0.15, -0.1) is 0 Å². The molecule has 4 rings (SSSR count). The molecule has 2 aromatic rings. The largest absolute Gasteiger partial charge is 0.385 e. The molecule has 0 saturated carbocycles. The molecule has 3 heterocycles. The summed E-state index contributed by atoms with van der Waals surface area (Å²) in [6.45, 7) is 7.54. The maximum atomic E-state index is 5.47. The first kappa shape index (κ1) is 21.8. The average Bonchev–Trinajstić information content (AvgIpc) is 3.21. The zero-order valence-corrected chi connectivity index (χ0v) is 19.2. The van der Waals surface area contributed by atoms with Gasteiger partial charge in [0.25, 0.3) is 0 Å². The van der Waals surface area contributed by atoms with Crippen molar-refractivity contribution in [3.8, 4) is 0 Å². The molecule has 1 aromatic carbocycles. The van der Waals surface area contributed by atoms with Gasteiger partial charge >= 0.3 is 0 Å². The van der Waals surface area contributed by atoms with E-state index in [9.17, 15) is 0 Å². The standard InChI is InChI=1S/C23H32N6OS/c1-17-7-5-11-28(14-17)20-13-21(29-15-18-8-3-4-9-19(18)16-29)26-22(25-20)27-23(31)24-10-6-12-30-2/h3-4,8-9,13,17H,5-7,10-12,14-16H2,1-2H3,(H2,24,25,26,27,31)/t17-/m0/s1. The fourth-order valence-corrected chi connectivity index (χ4v) is 4.45. The fraction of sp³-hybridized carbons (Fsp3) is 0.522. The summed E-state index contributed by atoms with van der Waals surface area (Å²) in [5.74, 6) is 3.12. The molecule has 1 aromatic heterocycles. The summed E-state index contributed by atoms with van der Waals surface area (Å²) in [7, 11) is 1.70. The van der Waals surface area contributed by atoms with Gasteiger partial charge in [0.1, 0.15) is 11.6 Å². The van der Waals surface area contributed by atoms with Crippen molar-refractivity contribution in [2.24, 2.45) is 5.92 Å². The number of nitrogens with zero attached hydrogens (tertiary/aromatic N) is 4. The number of fused-ring (bicyclic) bond motifs is 1. The van der Waals surface area contributed by atoms with Crippen LogP contribution < -0.4 is 20.4 Å². The van der Waals surface area contributed by atoms with E-state index in [2.05, 4.69) is 57.7 Å². The summed E-state index contributed by atoms with van der Waals surface area (Å²) >= 11 is 5.47.